The van der Waals surface area contributed by atoms with Crippen molar-refractivity contribution in [3.63, 3.8) is 0 Å². The highest BCUT2D eigenvalue weighted by atomic mass is 32.2. The summed E-state index contributed by atoms with van der Waals surface area (Å²) in [5.74, 6) is -1.28. The van der Waals surface area contributed by atoms with E-state index in [1.165, 1.54) is 0 Å². The summed E-state index contributed by atoms with van der Waals surface area (Å²) < 4.78 is 25.4. The van der Waals surface area contributed by atoms with E-state index in [1.807, 2.05) is 43.3 Å². The van der Waals surface area contributed by atoms with E-state index in [0.717, 1.165) is 22.9 Å². The number of hydrogen-bond acceptors (Lipinski definition) is 6. The minimum absolute atomic E-state index is 0.448. The number of amides is 1. The summed E-state index contributed by atoms with van der Waals surface area (Å²) in [7, 11) is -2.05. The first-order chi connectivity index (χ1) is 14.7. The van der Waals surface area contributed by atoms with Gasteiger partial charge in [-0.3, -0.25) is 9.52 Å². The molecule has 0 fully saturated rings. The molecule has 0 aliphatic carbocycles. The van der Waals surface area contributed by atoms with Gasteiger partial charge < -0.3 is 4.90 Å². The lowest BCUT2D eigenvalue weighted by molar-refractivity contribution is -0.123. The second-order valence-corrected chi connectivity index (χ2v) is 9.13. The fourth-order valence-electron chi connectivity index (χ4n) is 4.11. The molecule has 1 aliphatic rings. The molecule has 2 aromatic carbocycles. The van der Waals surface area contributed by atoms with E-state index in [0.29, 0.717) is 23.3 Å². The fraction of sp³-hybridized carbons (Fsp3) is 0.261. The number of sulfonamides is 1. The Balaban J connectivity index is 2.06. The van der Waals surface area contributed by atoms with Gasteiger partial charge in [0.15, 0.2) is 0 Å². The minimum Gasteiger partial charge on any atom is -0.364 e. The third-order valence-electron chi connectivity index (χ3n) is 5.42. The van der Waals surface area contributed by atoms with E-state index >= 15 is 0 Å². The third-order valence-corrected chi connectivity index (χ3v) is 5.99. The monoisotopic (exact) mass is 434 g/mol. The lowest BCUT2D eigenvalue weighted by Crippen LogP contribution is -2.46. The average molecular weight is 435 g/mol. The van der Waals surface area contributed by atoms with Gasteiger partial charge in [-0.25, -0.2) is 8.42 Å². The van der Waals surface area contributed by atoms with E-state index in [4.69, 9.17) is 0 Å². The maximum Gasteiger partial charge on any atom is 0.257 e. The topological polar surface area (TPSA) is 114 Å². The smallest absolute Gasteiger partial charge is 0.257 e. The predicted molar refractivity (Wildman–Crippen MR) is 117 cm³/mol. The van der Waals surface area contributed by atoms with Crippen molar-refractivity contribution in [2.45, 2.75) is 25.3 Å². The summed E-state index contributed by atoms with van der Waals surface area (Å²) >= 11 is 0. The molecule has 1 heterocycles. The van der Waals surface area contributed by atoms with Gasteiger partial charge in [-0.05, 0) is 29.2 Å². The zero-order chi connectivity index (χ0) is 22.8. The van der Waals surface area contributed by atoms with Gasteiger partial charge in [0.25, 0.3) is 5.91 Å². The van der Waals surface area contributed by atoms with Crippen LogP contribution in [0.2, 0.25) is 0 Å². The van der Waals surface area contributed by atoms with E-state index < -0.39 is 27.9 Å². The van der Waals surface area contributed by atoms with Crippen molar-refractivity contribution in [3.05, 3.63) is 70.9 Å². The molecule has 0 aromatic heterocycles. The molecule has 1 aliphatic heterocycles. The Bertz CT molecular complexity index is 1230. The Morgan fingerprint density at radius 1 is 1.10 bits per heavy atom. The van der Waals surface area contributed by atoms with E-state index in [1.54, 1.807) is 24.1 Å². The van der Waals surface area contributed by atoms with E-state index in [2.05, 4.69) is 16.9 Å². The van der Waals surface area contributed by atoms with Gasteiger partial charge >= 0.3 is 0 Å². The van der Waals surface area contributed by atoms with Crippen LogP contribution in [0.1, 0.15) is 30.4 Å². The Labute approximate surface area is 182 Å². The van der Waals surface area contributed by atoms with Crippen LogP contribution in [0.4, 0.5) is 0 Å². The van der Waals surface area contributed by atoms with Gasteiger partial charge in [0, 0.05) is 12.7 Å². The zero-order valence-corrected chi connectivity index (χ0v) is 18.3. The molecule has 7 nitrogen and oxygen atoms in total. The molecular formula is C23H22N4O3S. The largest absolute Gasteiger partial charge is 0.364 e. The van der Waals surface area contributed by atoms with Crippen LogP contribution >= 0.6 is 0 Å². The first-order valence-electron chi connectivity index (χ1n) is 9.68. The Hall–Kier alpha value is -3.62. The maximum atomic E-state index is 12.8. The van der Waals surface area contributed by atoms with E-state index in [9.17, 15) is 23.7 Å². The second kappa shape index (κ2) is 8.63. The summed E-state index contributed by atoms with van der Waals surface area (Å²) in [5.41, 5.74) is 4.05. The molecule has 0 bridgehead atoms. The van der Waals surface area contributed by atoms with Gasteiger partial charge in [0.2, 0.25) is 10.0 Å². The van der Waals surface area contributed by atoms with Crippen molar-refractivity contribution >= 4 is 15.9 Å². The molecule has 0 saturated carbocycles. The number of nitrogens with zero attached hydrogens (tertiary/aromatic N) is 3. The molecule has 0 spiro atoms. The molecule has 2 aromatic rings. The molecule has 3 rings (SSSR count). The predicted octanol–water partition coefficient (Wildman–Crippen LogP) is 2.89. The van der Waals surface area contributed by atoms with Crippen LogP contribution in [0.15, 0.2) is 59.8 Å². The zero-order valence-electron chi connectivity index (χ0n) is 17.5. The average Bonchev–Trinajstić information content (AvgIpc) is 3.04. The first-order valence-corrected chi connectivity index (χ1v) is 11.6. The Morgan fingerprint density at radius 2 is 1.74 bits per heavy atom. The van der Waals surface area contributed by atoms with Crippen molar-refractivity contribution in [2.75, 3.05) is 13.3 Å². The Morgan fingerprint density at radius 3 is 2.29 bits per heavy atom. The molecule has 8 heteroatoms. The van der Waals surface area contributed by atoms with Crippen LogP contribution in [0, 0.1) is 22.7 Å². The van der Waals surface area contributed by atoms with Crippen molar-refractivity contribution in [1.29, 1.82) is 10.5 Å². The normalized spacial score (nSPS) is 18.4. The SMILES string of the molecule is CCC1=C(C#N)C(c2ccc(-c3ccccc3C#N)cc2)C(C(=O)NS(C)(=O)=O)N1C. The van der Waals surface area contributed by atoms with Crippen molar-refractivity contribution < 1.29 is 13.2 Å². The minimum atomic E-state index is -3.75. The fourth-order valence-corrected chi connectivity index (χ4v) is 4.60. The number of hydrogen-bond donors (Lipinski definition) is 1. The highest BCUT2D eigenvalue weighted by Crippen LogP contribution is 2.41. The molecule has 0 radical (unpaired) electrons. The summed E-state index contributed by atoms with van der Waals surface area (Å²) in [6, 6.07) is 18.1. The van der Waals surface area contributed by atoms with Gasteiger partial charge in [-0.1, -0.05) is 49.4 Å². The number of likely N-dealkylation sites (N-methyl/N-ethyl adjacent to an activating group) is 1. The molecule has 31 heavy (non-hydrogen) atoms. The molecule has 1 amide bonds. The summed E-state index contributed by atoms with van der Waals surface area (Å²) in [5, 5.41) is 19.2. The van der Waals surface area contributed by atoms with Crippen LogP contribution in [0.5, 0.6) is 0 Å². The van der Waals surface area contributed by atoms with Gasteiger partial charge in [0.1, 0.15) is 6.04 Å². The summed E-state index contributed by atoms with van der Waals surface area (Å²) in [6.45, 7) is 1.89. The van der Waals surface area contributed by atoms with Crippen LogP contribution < -0.4 is 4.72 Å². The highest BCUT2D eigenvalue weighted by molar-refractivity contribution is 7.89. The number of nitriles is 2. The molecule has 158 valence electrons. The first kappa shape index (κ1) is 22.1. The molecule has 1 N–H and O–H groups in total. The molecule has 0 saturated heterocycles. The van der Waals surface area contributed by atoms with Crippen molar-refractivity contribution in [2.24, 2.45) is 0 Å². The highest BCUT2D eigenvalue weighted by Gasteiger charge is 2.44. The lowest BCUT2D eigenvalue weighted by atomic mass is 9.86. The summed E-state index contributed by atoms with van der Waals surface area (Å²) in [4.78, 5) is 14.5. The quantitative estimate of drug-likeness (QED) is 0.774. The lowest BCUT2D eigenvalue weighted by Gasteiger charge is -2.27. The maximum absolute atomic E-state index is 12.8. The summed E-state index contributed by atoms with van der Waals surface area (Å²) in [6.07, 6.45) is 1.46. The number of rotatable bonds is 5. The van der Waals surface area contributed by atoms with Crippen LogP contribution in [0.25, 0.3) is 11.1 Å². The number of nitrogens with one attached hydrogen (secondary N) is 1. The molecular weight excluding hydrogens is 412 g/mol. The van der Waals surface area contributed by atoms with Crippen LogP contribution in [-0.2, 0) is 14.8 Å². The Kier molecular flexibility index (Phi) is 6.14. The number of allylic oxidation sites excluding steroid dienone is 1. The van der Waals surface area contributed by atoms with Gasteiger partial charge in [-0.15, -0.1) is 0 Å². The van der Waals surface area contributed by atoms with Crippen LogP contribution in [0.3, 0.4) is 0 Å². The van der Waals surface area contributed by atoms with Gasteiger partial charge in [0.05, 0.1) is 35.4 Å². The standard InChI is InChI=1S/C23H22N4O3S/c1-4-20-19(14-25)21(22(27(20)2)23(28)26-31(3,29)30)16-11-9-15(10-12-16)18-8-6-5-7-17(18)13-24/h5-12,21-22H,4H2,1-3H3,(H,26,28). The molecule has 2 atom stereocenters. The van der Waals surface area contributed by atoms with E-state index in [-0.39, 0.29) is 0 Å². The number of carbonyl (C=O) groups is 1. The van der Waals surface area contributed by atoms with Crippen LogP contribution in [-0.4, -0.2) is 38.6 Å². The third kappa shape index (κ3) is 4.30. The van der Waals surface area contributed by atoms with Gasteiger partial charge in [-0.2, -0.15) is 10.5 Å². The molecule has 2 unspecified atom stereocenters. The van der Waals surface area contributed by atoms with Crippen molar-refractivity contribution in [3.8, 4) is 23.3 Å². The second-order valence-electron chi connectivity index (χ2n) is 7.38. The number of benzene rings is 2. The number of carbonyl (C=O) groups excluding carboxylic acids is 1. The van der Waals surface area contributed by atoms with Crippen molar-refractivity contribution in [1.82, 2.24) is 9.62 Å².